The average Bonchev–Trinajstić information content (AvgIpc) is 2.41. The number of hydrogen-bond donors (Lipinski definition) is 2. The number of nitrogens with one attached hydrogen (secondary N) is 2. The molecule has 0 bridgehead atoms. The van der Waals surface area contributed by atoms with Crippen LogP contribution >= 0.6 is 15.9 Å². The fraction of sp³-hybridized carbons (Fsp3) is 0. The summed E-state index contributed by atoms with van der Waals surface area (Å²) in [5, 5.41) is 13.9. The van der Waals surface area contributed by atoms with Crippen LogP contribution in [0, 0.1) is 17.1 Å². The lowest BCUT2D eigenvalue weighted by molar-refractivity contribution is 0.262. The van der Waals surface area contributed by atoms with E-state index >= 15 is 0 Å². The Bertz CT molecular complexity index is 697. The van der Waals surface area contributed by atoms with Crippen LogP contribution in [0.15, 0.2) is 46.9 Å². The van der Waals surface area contributed by atoms with Gasteiger partial charge in [-0.15, -0.1) is 0 Å². The highest BCUT2D eigenvalue weighted by Gasteiger charge is 2.07. The monoisotopic (exact) mass is 333 g/mol. The van der Waals surface area contributed by atoms with E-state index in [1.807, 2.05) is 6.07 Å². The lowest BCUT2D eigenvalue weighted by Gasteiger charge is -2.09. The highest BCUT2D eigenvalue weighted by atomic mass is 79.9. The van der Waals surface area contributed by atoms with Crippen molar-refractivity contribution in [3.63, 3.8) is 0 Å². The van der Waals surface area contributed by atoms with Gasteiger partial charge < -0.3 is 10.6 Å². The molecule has 0 spiro atoms. The Labute approximate surface area is 123 Å². The first-order valence-electron chi connectivity index (χ1n) is 5.62. The normalized spacial score (nSPS) is 9.65. The fourth-order valence-electron chi connectivity index (χ4n) is 1.54. The van der Waals surface area contributed by atoms with Gasteiger partial charge in [-0.25, -0.2) is 9.18 Å². The Balaban J connectivity index is 2.07. The van der Waals surface area contributed by atoms with E-state index in [9.17, 15) is 9.18 Å². The number of rotatable bonds is 2. The van der Waals surface area contributed by atoms with Crippen molar-refractivity contribution >= 4 is 33.3 Å². The molecule has 0 aliphatic heterocycles. The molecule has 20 heavy (non-hydrogen) atoms. The highest BCUT2D eigenvalue weighted by Crippen LogP contribution is 2.23. The molecule has 0 aliphatic carbocycles. The van der Waals surface area contributed by atoms with Gasteiger partial charge in [-0.1, -0.05) is 6.07 Å². The number of carbonyl (C=O) groups is 1. The van der Waals surface area contributed by atoms with E-state index in [0.29, 0.717) is 21.4 Å². The predicted molar refractivity (Wildman–Crippen MR) is 77.9 cm³/mol. The summed E-state index contributed by atoms with van der Waals surface area (Å²) in [6.07, 6.45) is 0. The third kappa shape index (κ3) is 3.56. The molecule has 0 saturated carbocycles. The van der Waals surface area contributed by atoms with Gasteiger partial charge in [0.2, 0.25) is 0 Å². The maximum atomic E-state index is 13.0. The number of anilines is 2. The van der Waals surface area contributed by atoms with Gasteiger partial charge in [-0.3, -0.25) is 0 Å². The maximum Gasteiger partial charge on any atom is 0.323 e. The van der Waals surface area contributed by atoms with E-state index < -0.39 is 11.8 Å². The molecule has 100 valence electrons. The molecule has 6 heteroatoms. The zero-order chi connectivity index (χ0) is 14.5. The summed E-state index contributed by atoms with van der Waals surface area (Å²) in [4.78, 5) is 11.8. The van der Waals surface area contributed by atoms with Crippen molar-refractivity contribution in [2.45, 2.75) is 0 Å². The number of carbonyl (C=O) groups excluding carboxylic acids is 1. The SMILES string of the molecule is N#Cc1ccc(NC(=O)Nc2cccc(F)c2)c(Br)c1. The predicted octanol–water partition coefficient (Wildman–Crippen LogP) is 4.10. The molecule has 0 radical (unpaired) electrons. The molecule has 4 nitrogen and oxygen atoms in total. The van der Waals surface area contributed by atoms with Crippen LogP contribution in [-0.4, -0.2) is 6.03 Å². The molecule has 0 fully saturated rings. The fourth-order valence-corrected chi connectivity index (χ4v) is 2.01. The van der Waals surface area contributed by atoms with Crippen LogP contribution in [-0.2, 0) is 0 Å². The van der Waals surface area contributed by atoms with Crippen LogP contribution in [0.2, 0.25) is 0 Å². The van der Waals surface area contributed by atoms with Crippen LogP contribution in [0.3, 0.4) is 0 Å². The molecule has 0 unspecified atom stereocenters. The molecule has 2 amide bonds. The Morgan fingerprint density at radius 3 is 2.65 bits per heavy atom. The van der Waals surface area contributed by atoms with Crippen molar-refractivity contribution in [1.29, 1.82) is 5.26 Å². The first kappa shape index (κ1) is 14.0. The Morgan fingerprint density at radius 1 is 1.20 bits per heavy atom. The lowest BCUT2D eigenvalue weighted by Crippen LogP contribution is -2.19. The minimum absolute atomic E-state index is 0.354. The first-order valence-corrected chi connectivity index (χ1v) is 6.41. The third-order valence-electron chi connectivity index (χ3n) is 2.43. The molecule has 2 N–H and O–H groups in total. The van der Waals surface area contributed by atoms with E-state index in [-0.39, 0.29) is 0 Å². The second-order valence-corrected chi connectivity index (χ2v) is 4.75. The van der Waals surface area contributed by atoms with E-state index in [1.165, 1.54) is 18.2 Å². The van der Waals surface area contributed by atoms with Crippen molar-refractivity contribution in [1.82, 2.24) is 0 Å². The Morgan fingerprint density at radius 2 is 2.00 bits per heavy atom. The van der Waals surface area contributed by atoms with Crippen LogP contribution in [0.4, 0.5) is 20.6 Å². The third-order valence-corrected chi connectivity index (χ3v) is 3.08. The second kappa shape index (κ2) is 6.17. The van der Waals surface area contributed by atoms with Gasteiger partial charge in [-0.2, -0.15) is 5.26 Å². The van der Waals surface area contributed by atoms with Crippen molar-refractivity contribution in [2.75, 3.05) is 10.6 Å². The van der Waals surface area contributed by atoms with Gasteiger partial charge in [0.1, 0.15) is 5.82 Å². The maximum absolute atomic E-state index is 13.0. The zero-order valence-electron chi connectivity index (χ0n) is 10.2. The standard InChI is InChI=1S/C14H9BrFN3O/c15-12-6-9(8-17)4-5-13(12)19-14(20)18-11-3-1-2-10(16)7-11/h1-7H,(H2,18,19,20). The number of hydrogen-bond acceptors (Lipinski definition) is 2. The number of halogens is 2. The topological polar surface area (TPSA) is 64.9 Å². The highest BCUT2D eigenvalue weighted by molar-refractivity contribution is 9.10. The smallest absolute Gasteiger partial charge is 0.308 e. The summed E-state index contributed by atoms with van der Waals surface area (Å²) in [5.41, 5.74) is 1.35. The molecule has 0 saturated heterocycles. The van der Waals surface area contributed by atoms with Crippen molar-refractivity contribution in [2.24, 2.45) is 0 Å². The molecule has 0 heterocycles. The number of urea groups is 1. The van der Waals surface area contributed by atoms with Crippen LogP contribution in [0.25, 0.3) is 0 Å². The molecular weight excluding hydrogens is 325 g/mol. The minimum atomic E-state index is -0.499. The lowest BCUT2D eigenvalue weighted by atomic mass is 10.2. The average molecular weight is 334 g/mol. The number of nitriles is 1. The molecule has 0 aromatic heterocycles. The van der Waals surface area contributed by atoms with Crippen LogP contribution in [0.1, 0.15) is 5.56 Å². The largest absolute Gasteiger partial charge is 0.323 e. The van der Waals surface area contributed by atoms with E-state index in [1.54, 1.807) is 24.3 Å². The molecule has 2 aromatic carbocycles. The van der Waals surface area contributed by atoms with Crippen molar-refractivity contribution in [3.05, 3.63) is 58.3 Å². The minimum Gasteiger partial charge on any atom is -0.308 e. The van der Waals surface area contributed by atoms with Crippen LogP contribution < -0.4 is 10.6 Å². The molecule has 0 atom stereocenters. The summed E-state index contributed by atoms with van der Waals surface area (Å²) >= 11 is 3.26. The first-order chi connectivity index (χ1) is 9.58. The van der Waals surface area contributed by atoms with Gasteiger partial charge in [0, 0.05) is 10.2 Å². The number of nitrogens with zero attached hydrogens (tertiary/aromatic N) is 1. The van der Waals surface area contributed by atoms with Crippen molar-refractivity contribution < 1.29 is 9.18 Å². The Kier molecular flexibility index (Phi) is 4.33. The van der Waals surface area contributed by atoms with Crippen molar-refractivity contribution in [3.8, 4) is 6.07 Å². The molecular formula is C14H9BrFN3O. The molecule has 2 rings (SSSR count). The summed E-state index contributed by atoms with van der Waals surface area (Å²) in [7, 11) is 0. The number of amides is 2. The Hall–Kier alpha value is -2.39. The summed E-state index contributed by atoms with van der Waals surface area (Å²) in [6, 6.07) is 11.9. The van der Waals surface area contributed by atoms with Gasteiger partial charge >= 0.3 is 6.03 Å². The van der Waals surface area contributed by atoms with E-state index in [2.05, 4.69) is 26.6 Å². The van der Waals surface area contributed by atoms with Gasteiger partial charge in [-0.05, 0) is 52.3 Å². The van der Waals surface area contributed by atoms with Crippen LogP contribution in [0.5, 0.6) is 0 Å². The van der Waals surface area contributed by atoms with Gasteiger partial charge in [0.15, 0.2) is 0 Å². The molecule has 0 aliphatic rings. The second-order valence-electron chi connectivity index (χ2n) is 3.90. The van der Waals surface area contributed by atoms with Gasteiger partial charge in [0.25, 0.3) is 0 Å². The quantitative estimate of drug-likeness (QED) is 0.868. The van der Waals surface area contributed by atoms with E-state index in [0.717, 1.165) is 0 Å². The van der Waals surface area contributed by atoms with E-state index in [4.69, 9.17) is 5.26 Å². The van der Waals surface area contributed by atoms with Gasteiger partial charge in [0.05, 0.1) is 17.3 Å². The zero-order valence-corrected chi connectivity index (χ0v) is 11.7. The summed E-state index contributed by atoms with van der Waals surface area (Å²) in [5.74, 6) is -0.428. The summed E-state index contributed by atoms with van der Waals surface area (Å²) in [6.45, 7) is 0. The molecule has 2 aromatic rings. The summed E-state index contributed by atoms with van der Waals surface area (Å²) < 4.78 is 13.6. The number of benzene rings is 2.